The molecule has 5 rings (SSSR count). The Morgan fingerprint density at radius 1 is 0.971 bits per heavy atom. The average Bonchev–Trinajstić information content (AvgIpc) is 3.42. The molecule has 0 unspecified atom stereocenters. The molecular weight excluding hydrogens is 630 g/mol. The van der Waals surface area contributed by atoms with Crippen LogP contribution in [0, 0.1) is 29.5 Å². The lowest BCUT2D eigenvalue weighted by atomic mass is 9.81. The van der Waals surface area contributed by atoms with E-state index in [9.17, 15) is 23.6 Å². The van der Waals surface area contributed by atoms with Gasteiger partial charge in [-0.15, -0.1) is 0 Å². The Balaban J connectivity index is 1.53. The molecule has 1 heterocycles. The van der Waals surface area contributed by atoms with Crippen LogP contribution in [0.1, 0.15) is 27.1 Å². The van der Waals surface area contributed by atoms with Gasteiger partial charge in [0, 0.05) is 20.2 Å². The highest BCUT2D eigenvalue weighted by atomic mass is 79.9. The molecule has 2 aromatic carbocycles. The van der Waals surface area contributed by atoms with Gasteiger partial charge in [0.1, 0.15) is 12.4 Å². The number of hydrogen-bond donors (Lipinski definition) is 0. The minimum atomic E-state index is -0.790. The van der Waals surface area contributed by atoms with Gasteiger partial charge in [-0.1, -0.05) is 55.1 Å². The maximum absolute atomic E-state index is 13.6. The minimum absolute atomic E-state index is 0.0136. The molecule has 3 fully saturated rings. The third-order valence-corrected chi connectivity index (χ3v) is 10.8. The molecule has 1 aliphatic heterocycles. The molecule has 182 valence electrons. The van der Waals surface area contributed by atoms with Crippen LogP contribution >= 0.6 is 55.1 Å². The molecule has 3 aliphatic rings. The molecule has 6 nitrogen and oxygen atoms in total. The molecule has 3 amide bonds. The molecule has 0 radical (unpaired) electrons. The third kappa shape index (κ3) is 4.04. The van der Waals surface area contributed by atoms with Gasteiger partial charge in [-0.05, 0) is 60.7 Å². The number of amides is 3. The molecule has 11 heteroatoms. The number of halogens is 5. The zero-order valence-corrected chi connectivity index (χ0v) is 22.5. The summed E-state index contributed by atoms with van der Waals surface area (Å²) in [7, 11) is 0. The van der Waals surface area contributed by atoms with Gasteiger partial charge in [0.15, 0.2) is 5.78 Å². The Labute approximate surface area is 226 Å². The van der Waals surface area contributed by atoms with Crippen molar-refractivity contribution in [1.29, 1.82) is 0 Å². The first-order valence-electron chi connectivity index (χ1n) is 10.8. The Bertz CT molecular complexity index is 1230. The van der Waals surface area contributed by atoms with E-state index >= 15 is 0 Å². The van der Waals surface area contributed by atoms with Crippen LogP contribution in [0.25, 0.3) is 0 Å². The summed E-state index contributed by atoms with van der Waals surface area (Å²) < 4.78 is 13.4. The van der Waals surface area contributed by atoms with E-state index in [1.54, 1.807) is 0 Å². The lowest BCUT2D eigenvalue weighted by Crippen LogP contribution is -2.52. The first kappa shape index (κ1) is 24.9. The quantitative estimate of drug-likeness (QED) is 0.256. The van der Waals surface area contributed by atoms with Crippen molar-refractivity contribution in [1.82, 2.24) is 10.0 Å². The highest BCUT2D eigenvalue weighted by Gasteiger charge is 2.67. The van der Waals surface area contributed by atoms with Gasteiger partial charge in [0.05, 0.1) is 22.4 Å². The predicted molar refractivity (Wildman–Crippen MR) is 134 cm³/mol. The summed E-state index contributed by atoms with van der Waals surface area (Å²) in [5.41, 5.74) is 0.118. The number of Topliss-reactive ketones (excluding diaryl/α,β-unsaturated/α-hetero) is 1. The van der Waals surface area contributed by atoms with Gasteiger partial charge in [-0.2, -0.15) is 5.01 Å². The summed E-state index contributed by atoms with van der Waals surface area (Å²) in [6.45, 7) is -0.606. The summed E-state index contributed by atoms with van der Waals surface area (Å²) in [4.78, 5) is 53.9. The Kier molecular flexibility index (Phi) is 6.57. The van der Waals surface area contributed by atoms with Crippen molar-refractivity contribution in [2.75, 3.05) is 6.54 Å². The fourth-order valence-corrected chi connectivity index (χ4v) is 7.83. The van der Waals surface area contributed by atoms with Crippen LogP contribution in [0.5, 0.6) is 0 Å². The van der Waals surface area contributed by atoms with Crippen LogP contribution in [0.2, 0.25) is 10.0 Å². The number of fused-ring (bicyclic) bond motifs is 5. The molecule has 0 spiro atoms. The number of rotatable bonds is 5. The van der Waals surface area contributed by atoms with Crippen LogP contribution < -0.4 is 0 Å². The molecule has 1 saturated heterocycles. The van der Waals surface area contributed by atoms with E-state index < -0.39 is 47.7 Å². The van der Waals surface area contributed by atoms with E-state index in [2.05, 4.69) is 31.9 Å². The van der Waals surface area contributed by atoms with Crippen LogP contribution in [0.3, 0.4) is 0 Å². The van der Waals surface area contributed by atoms with E-state index in [1.165, 1.54) is 30.3 Å². The summed E-state index contributed by atoms with van der Waals surface area (Å²) in [5.74, 6) is -4.21. The van der Waals surface area contributed by atoms with Gasteiger partial charge in [-0.25, -0.2) is 9.40 Å². The highest BCUT2D eigenvalue weighted by Crippen LogP contribution is 2.60. The summed E-state index contributed by atoms with van der Waals surface area (Å²) in [5, 5.41) is 1.98. The van der Waals surface area contributed by atoms with E-state index in [4.69, 9.17) is 23.2 Å². The standard InChI is InChI=1S/C24H17Br2Cl2FN2O4/c25-20-14-8-15(21(20)26)19-18(14)23(34)31(24(19)35)30(9-17(32)10-1-4-12(29)5-2-10)22(33)13-6-3-11(27)7-16(13)28/h1-7,14-15,18-21H,8-9H2/t14-,15-,18-,19+,20+,21+/m1/s1. The van der Waals surface area contributed by atoms with E-state index in [0.29, 0.717) is 5.02 Å². The lowest BCUT2D eigenvalue weighted by molar-refractivity contribution is -0.154. The second-order valence-electron chi connectivity index (χ2n) is 8.91. The number of carbonyl (C=O) groups is 4. The Morgan fingerprint density at radius 2 is 1.54 bits per heavy atom. The Hall–Kier alpha value is -1.81. The highest BCUT2D eigenvalue weighted by molar-refractivity contribution is 9.12. The number of nitrogens with zero attached hydrogens (tertiary/aromatic N) is 2. The Morgan fingerprint density at radius 3 is 2.09 bits per heavy atom. The molecule has 6 atom stereocenters. The molecule has 0 N–H and O–H groups in total. The van der Waals surface area contributed by atoms with Crippen LogP contribution in [-0.2, 0) is 9.59 Å². The second-order valence-corrected chi connectivity index (χ2v) is 11.9. The van der Waals surface area contributed by atoms with E-state index in [-0.39, 0.29) is 37.6 Å². The van der Waals surface area contributed by atoms with Gasteiger partial charge in [0.2, 0.25) is 0 Å². The van der Waals surface area contributed by atoms with Crippen LogP contribution in [-0.4, -0.2) is 49.7 Å². The van der Waals surface area contributed by atoms with Crippen molar-refractivity contribution in [2.24, 2.45) is 23.7 Å². The number of hydrazine groups is 1. The number of carbonyl (C=O) groups excluding carboxylic acids is 4. The number of hydrogen-bond acceptors (Lipinski definition) is 4. The second kappa shape index (κ2) is 9.25. The fourth-order valence-electron chi connectivity index (χ4n) is 5.47. The first-order chi connectivity index (χ1) is 16.6. The van der Waals surface area contributed by atoms with Crippen molar-refractivity contribution >= 4 is 78.6 Å². The minimum Gasteiger partial charge on any atom is -0.292 e. The van der Waals surface area contributed by atoms with Crippen molar-refractivity contribution in [2.45, 2.75) is 16.1 Å². The smallest absolute Gasteiger partial charge is 0.274 e. The maximum Gasteiger partial charge on any atom is 0.274 e. The van der Waals surface area contributed by atoms with E-state index in [0.717, 1.165) is 28.6 Å². The van der Waals surface area contributed by atoms with Gasteiger partial charge in [0.25, 0.3) is 17.7 Å². The molecule has 2 aliphatic carbocycles. The first-order valence-corrected chi connectivity index (χ1v) is 13.4. The van der Waals surface area contributed by atoms with E-state index in [1.807, 2.05) is 0 Å². The summed E-state index contributed by atoms with van der Waals surface area (Å²) in [6, 6.07) is 9.00. The summed E-state index contributed by atoms with van der Waals surface area (Å²) >= 11 is 19.5. The molecule has 35 heavy (non-hydrogen) atoms. The van der Waals surface area contributed by atoms with Gasteiger partial charge < -0.3 is 0 Å². The molecule has 2 saturated carbocycles. The zero-order chi connectivity index (χ0) is 25.2. The zero-order valence-electron chi connectivity index (χ0n) is 17.8. The molecule has 0 aromatic heterocycles. The predicted octanol–water partition coefficient (Wildman–Crippen LogP) is 5.15. The molecule has 2 aromatic rings. The van der Waals surface area contributed by atoms with Crippen molar-refractivity contribution < 1.29 is 23.6 Å². The number of alkyl halides is 2. The van der Waals surface area contributed by atoms with Crippen molar-refractivity contribution in [3.05, 3.63) is 69.5 Å². The average molecular weight is 647 g/mol. The van der Waals surface area contributed by atoms with Crippen molar-refractivity contribution in [3.8, 4) is 0 Å². The fraction of sp³-hybridized carbons (Fsp3) is 0.333. The SMILES string of the molecule is O=C(CN(C(=O)c1ccc(Cl)cc1Cl)N1C(=O)[C@@H]2[C@H]3C[C@@H]([C@H](Br)[C@H]3Br)[C@@H]2C1=O)c1ccc(F)cc1. The van der Waals surface area contributed by atoms with Crippen molar-refractivity contribution in [3.63, 3.8) is 0 Å². The van der Waals surface area contributed by atoms with Crippen LogP contribution in [0.4, 0.5) is 4.39 Å². The lowest BCUT2D eigenvalue weighted by Gasteiger charge is -2.31. The molecule has 2 bridgehead atoms. The maximum atomic E-state index is 13.6. The third-order valence-electron chi connectivity index (χ3n) is 7.06. The number of ketones is 1. The number of benzene rings is 2. The number of imide groups is 1. The monoisotopic (exact) mass is 644 g/mol. The van der Waals surface area contributed by atoms with Crippen LogP contribution in [0.15, 0.2) is 42.5 Å². The topological polar surface area (TPSA) is 74.8 Å². The van der Waals surface area contributed by atoms with Gasteiger partial charge >= 0.3 is 0 Å². The normalized spacial score (nSPS) is 29.0. The summed E-state index contributed by atoms with van der Waals surface area (Å²) in [6.07, 6.45) is 0.720. The molecular formula is C24H17Br2Cl2FN2O4. The largest absolute Gasteiger partial charge is 0.292 e. The van der Waals surface area contributed by atoms with Gasteiger partial charge in [-0.3, -0.25) is 19.2 Å².